The first-order chi connectivity index (χ1) is 8.70. The van der Waals surface area contributed by atoms with Crippen molar-refractivity contribution in [2.45, 2.75) is 13.3 Å². The van der Waals surface area contributed by atoms with Gasteiger partial charge in [0.25, 0.3) is 5.91 Å². The molecule has 0 fully saturated rings. The summed E-state index contributed by atoms with van der Waals surface area (Å²) in [5.41, 5.74) is 2.58. The summed E-state index contributed by atoms with van der Waals surface area (Å²) in [6.45, 7) is 1.66. The Morgan fingerprint density at radius 2 is 1.83 bits per heavy atom. The van der Waals surface area contributed by atoms with Crippen molar-refractivity contribution in [2.24, 2.45) is 0 Å². The van der Waals surface area contributed by atoms with Crippen LogP contribution in [0, 0.1) is 0 Å². The van der Waals surface area contributed by atoms with Crippen molar-refractivity contribution in [2.75, 3.05) is 0 Å². The van der Waals surface area contributed by atoms with Crippen LogP contribution < -0.4 is 5.48 Å². The van der Waals surface area contributed by atoms with Crippen LogP contribution >= 0.6 is 0 Å². The molecule has 0 saturated carbocycles. The maximum atomic E-state index is 11.7. The minimum atomic E-state index is -0.468. The number of nitrogens with one attached hydrogen (secondary N) is 1. The highest BCUT2D eigenvalue weighted by Gasteiger charge is 2.08. The van der Waals surface area contributed by atoms with Crippen LogP contribution in [-0.4, -0.2) is 11.9 Å². The van der Waals surface area contributed by atoms with Crippen molar-refractivity contribution in [3.05, 3.63) is 48.0 Å². The molecule has 4 heteroatoms. The van der Waals surface area contributed by atoms with Crippen molar-refractivity contribution in [1.82, 2.24) is 5.48 Å². The second kappa shape index (κ2) is 5.31. The molecule has 1 amide bonds. The Bertz CT molecular complexity index is 592. The molecule has 2 rings (SSSR count). The average molecular weight is 243 g/mol. The van der Waals surface area contributed by atoms with Crippen LogP contribution in [0.4, 0.5) is 0 Å². The van der Waals surface area contributed by atoms with Crippen LogP contribution in [-0.2, 0) is 9.63 Å². The number of carbonyl (C=O) groups excluding carboxylic acids is 2. The van der Waals surface area contributed by atoms with E-state index in [1.807, 2.05) is 30.3 Å². The van der Waals surface area contributed by atoms with Crippen molar-refractivity contribution in [1.29, 1.82) is 0 Å². The van der Waals surface area contributed by atoms with Crippen LogP contribution in [0.5, 0.6) is 0 Å². The fourth-order valence-corrected chi connectivity index (χ4v) is 1.56. The molecule has 2 aromatic rings. The number of fused-ring (bicyclic) bond motifs is 1. The monoisotopic (exact) mass is 243 g/mol. The van der Waals surface area contributed by atoms with E-state index in [1.165, 1.54) is 0 Å². The van der Waals surface area contributed by atoms with E-state index >= 15 is 0 Å². The molecule has 18 heavy (non-hydrogen) atoms. The van der Waals surface area contributed by atoms with Crippen molar-refractivity contribution in [3.63, 3.8) is 0 Å². The van der Waals surface area contributed by atoms with Gasteiger partial charge in [0.2, 0.25) is 0 Å². The smallest absolute Gasteiger partial charge is 0.331 e. The Kier molecular flexibility index (Phi) is 3.57. The summed E-state index contributed by atoms with van der Waals surface area (Å²) < 4.78 is 0. The lowest BCUT2D eigenvalue weighted by atomic mass is 10.1. The van der Waals surface area contributed by atoms with Crippen LogP contribution in [0.25, 0.3) is 10.8 Å². The van der Waals surface area contributed by atoms with Crippen molar-refractivity contribution >= 4 is 22.6 Å². The molecule has 0 aliphatic rings. The molecule has 0 spiro atoms. The van der Waals surface area contributed by atoms with E-state index in [9.17, 15) is 9.59 Å². The predicted octanol–water partition coefficient (Wildman–Crippen LogP) is 2.44. The zero-order valence-corrected chi connectivity index (χ0v) is 9.97. The Morgan fingerprint density at radius 3 is 2.56 bits per heavy atom. The SMILES string of the molecule is CCC(=O)ONC(=O)c1ccc2ccccc2c1. The lowest BCUT2D eigenvalue weighted by Crippen LogP contribution is -2.26. The number of hydroxylamine groups is 1. The lowest BCUT2D eigenvalue weighted by Gasteiger charge is -2.05. The first kappa shape index (κ1) is 12.1. The molecule has 0 aliphatic carbocycles. The number of hydrogen-bond donors (Lipinski definition) is 1. The third-order valence-corrected chi connectivity index (χ3v) is 2.56. The van der Waals surface area contributed by atoms with Gasteiger partial charge < -0.3 is 4.84 Å². The van der Waals surface area contributed by atoms with E-state index in [1.54, 1.807) is 19.1 Å². The summed E-state index contributed by atoms with van der Waals surface area (Å²) in [5, 5.41) is 2.02. The molecule has 0 radical (unpaired) electrons. The Morgan fingerprint density at radius 1 is 1.11 bits per heavy atom. The van der Waals surface area contributed by atoms with Crippen LogP contribution in [0.1, 0.15) is 23.7 Å². The largest absolute Gasteiger partial charge is 0.341 e. The second-order valence-corrected chi connectivity index (χ2v) is 3.82. The molecule has 0 atom stereocenters. The molecule has 0 heterocycles. The first-order valence-corrected chi connectivity index (χ1v) is 5.69. The molecular weight excluding hydrogens is 230 g/mol. The summed E-state index contributed by atoms with van der Waals surface area (Å²) in [6, 6.07) is 13.0. The third-order valence-electron chi connectivity index (χ3n) is 2.56. The van der Waals surface area contributed by atoms with Gasteiger partial charge in [0.1, 0.15) is 0 Å². The third kappa shape index (κ3) is 2.66. The van der Waals surface area contributed by atoms with Gasteiger partial charge in [-0.05, 0) is 22.9 Å². The quantitative estimate of drug-likeness (QED) is 0.824. The lowest BCUT2D eigenvalue weighted by molar-refractivity contribution is -0.148. The highest BCUT2D eigenvalue weighted by Crippen LogP contribution is 2.15. The Labute approximate surface area is 105 Å². The van der Waals surface area contributed by atoms with Crippen LogP contribution in [0.15, 0.2) is 42.5 Å². The number of hydrogen-bond acceptors (Lipinski definition) is 3. The molecule has 0 bridgehead atoms. The second-order valence-electron chi connectivity index (χ2n) is 3.82. The fraction of sp³-hybridized carbons (Fsp3) is 0.143. The molecule has 0 saturated heterocycles. The van der Waals surface area contributed by atoms with E-state index in [-0.39, 0.29) is 6.42 Å². The molecule has 0 aliphatic heterocycles. The van der Waals surface area contributed by atoms with E-state index < -0.39 is 11.9 Å². The number of benzene rings is 2. The van der Waals surface area contributed by atoms with Gasteiger partial charge in [0, 0.05) is 12.0 Å². The van der Waals surface area contributed by atoms with E-state index in [0.717, 1.165) is 10.8 Å². The van der Waals surface area contributed by atoms with Crippen molar-refractivity contribution < 1.29 is 14.4 Å². The van der Waals surface area contributed by atoms with Gasteiger partial charge in [0.05, 0.1) is 0 Å². The topological polar surface area (TPSA) is 55.4 Å². The zero-order valence-electron chi connectivity index (χ0n) is 9.97. The molecule has 2 aromatic carbocycles. The molecule has 92 valence electrons. The number of amides is 1. The Hall–Kier alpha value is -2.36. The van der Waals surface area contributed by atoms with Crippen LogP contribution in [0.3, 0.4) is 0 Å². The summed E-state index contributed by atoms with van der Waals surface area (Å²) in [4.78, 5) is 27.2. The van der Waals surface area contributed by atoms with Gasteiger partial charge in [-0.15, -0.1) is 0 Å². The molecule has 0 unspecified atom stereocenters. The maximum Gasteiger partial charge on any atom is 0.331 e. The van der Waals surface area contributed by atoms with Gasteiger partial charge in [-0.25, -0.2) is 4.79 Å². The average Bonchev–Trinajstić information content (AvgIpc) is 2.43. The zero-order chi connectivity index (χ0) is 13.0. The minimum Gasteiger partial charge on any atom is -0.341 e. The molecular formula is C14H13NO3. The van der Waals surface area contributed by atoms with Gasteiger partial charge in [-0.2, -0.15) is 5.48 Å². The highest BCUT2D eigenvalue weighted by molar-refractivity contribution is 5.98. The summed E-state index contributed by atoms with van der Waals surface area (Å²) in [6.07, 6.45) is 0.220. The standard InChI is InChI=1S/C14H13NO3/c1-2-13(16)18-15-14(17)12-8-7-10-5-3-4-6-11(10)9-12/h3-9H,2H2,1H3,(H,15,17). The summed E-state index contributed by atoms with van der Waals surface area (Å²) in [7, 11) is 0. The van der Waals surface area contributed by atoms with Gasteiger partial charge >= 0.3 is 5.97 Å². The maximum absolute atomic E-state index is 11.7. The highest BCUT2D eigenvalue weighted by atomic mass is 16.7. The van der Waals surface area contributed by atoms with E-state index in [4.69, 9.17) is 0 Å². The fourth-order valence-electron chi connectivity index (χ4n) is 1.56. The first-order valence-electron chi connectivity index (χ1n) is 5.69. The minimum absolute atomic E-state index is 0.220. The summed E-state index contributed by atoms with van der Waals surface area (Å²) >= 11 is 0. The van der Waals surface area contributed by atoms with E-state index in [2.05, 4.69) is 10.3 Å². The summed E-state index contributed by atoms with van der Waals surface area (Å²) in [5.74, 6) is -0.897. The Balaban J connectivity index is 2.15. The van der Waals surface area contributed by atoms with E-state index in [0.29, 0.717) is 5.56 Å². The van der Waals surface area contributed by atoms with Crippen molar-refractivity contribution in [3.8, 4) is 0 Å². The number of rotatable bonds is 2. The van der Waals surface area contributed by atoms with Gasteiger partial charge in [0.15, 0.2) is 0 Å². The normalized spacial score (nSPS) is 10.1. The predicted molar refractivity (Wildman–Crippen MR) is 67.8 cm³/mol. The molecule has 0 aromatic heterocycles. The number of carbonyl (C=O) groups is 2. The molecule has 4 nitrogen and oxygen atoms in total. The van der Waals surface area contributed by atoms with Gasteiger partial charge in [-0.3, -0.25) is 4.79 Å². The van der Waals surface area contributed by atoms with Crippen LogP contribution in [0.2, 0.25) is 0 Å². The molecule has 1 N–H and O–H groups in total. The van der Waals surface area contributed by atoms with Gasteiger partial charge in [-0.1, -0.05) is 37.3 Å².